The van der Waals surface area contributed by atoms with E-state index in [4.69, 9.17) is 28.3 Å². The number of carboxylic acid groups (broad SMARTS) is 2. The molecule has 7 rings (SSSR count). The molecule has 114 heavy (non-hydrogen) atoms. The standard InChI is InChI=1S/C69H97N23O20S2/c1-33-29-91-30-37(89-90-91)15-18-43(59(102)85-47(67(110)111)24-35-13-16-38(94)17-14-35)80-58(101)44(19-20-51(71)95)81-60(103)45(25-36-28-77-40-9-4-3-8-39(36)40)83-56(99)41(11-6-22-76-69(74)112)79-61(104)49-32-114-113-31-48(78-52(96)27-70)62(105)87-54(33)64(107)88-55(34(2)93)65(108)84-46(26-53(97)98)66(109)92-23-7-12-50(92)63(106)82-42(57(100)86-49)10-5-21-75-68(72)73/h3-4,8-9,13-14,16-17,28,30,33-34,41-50,54-55,77,93-94H,5-7,10-12,15,18-27,29,31-32,70H2,1-2H3,(H2,71,95)(H,78,96)(H,79,104)(H,80,101)(H,81,103)(H,82,106)(H,83,99)(H,84,108)(H,85,102)(H,86,100)(H,87,105)(H,88,107)(H,97,98)(H,110,111)(H4,72,73,75)(H3,74,76,112)/t33?,34-,41+,42+,43-,44+,45+,46+,47+,48?,49+,50?,54+,55+/m1/s1. The number of phenols is 1. The van der Waals surface area contributed by atoms with Crippen molar-refractivity contribution in [2.45, 2.75) is 182 Å². The molecule has 0 saturated carbocycles. The minimum Gasteiger partial charge on any atom is -0.508 e. The second-order valence-electron chi connectivity index (χ2n) is 27.5. The lowest BCUT2D eigenvalue weighted by molar-refractivity contribution is -0.146. The second kappa shape index (κ2) is 43.2. The number of aromatic nitrogens is 4. The Hall–Kier alpha value is -11.9. The number of carbonyl (C=O) groups excluding carboxylic acids is 14. The van der Waals surface area contributed by atoms with E-state index in [0.29, 0.717) is 22.0 Å². The maximum absolute atomic E-state index is 15.3. The number of phenolic OH excluding ortho intramolecular Hbond substituents is 1. The van der Waals surface area contributed by atoms with Crippen molar-refractivity contribution in [1.29, 1.82) is 5.41 Å². The van der Waals surface area contributed by atoms with E-state index < -0.39 is 229 Å². The number of aliphatic hydroxyl groups is 1. The fourth-order valence-electron chi connectivity index (χ4n) is 12.7. The van der Waals surface area contributed by atoms with E-state index in [9.17, 15) is 78.0 Å². The Morgan fingerprint density at radius 1 is 0.702 bits per heavy atom. The highest BCUT2D eigenvalue weighted by Crippen LogP contribution is 2.26. The quantitative estimate of drug-likeness (QED) is 0.0142. The molecule has 4 aromatic rings. The summed E-state index contributed by atoms with van der Waals surface area (Å²) in [6.45, 7) is 0.927. The monoisotopic (exact) mass is 1630 g/mol. The van der Waals surface area contributed by atoms with Crippen LogP contribution in [0.5, 0.6) is 5.75 Å². The number of benzene rings is 2. The minimum absolute atomic E-state index is 0.0264. The van der Waals surface area contributed by atoms with Crippen LogP contribution in [0, 0.1) is 11.3 Å². The Morgan fingerprint density at radius 2 is 1.32 bits per heavy atom. The van der Waals surface area contributed by atoms with Crippen molar-refractivity contribution in [3.8, 4) is 5.75 Å². The van der Waals surface area contributed by atoms with Gasteiger partial charge >= 0.3 is 18.0 Å². The molecule has 3 aliphatic heterocycles. The molecular formula is C69H97N23O20S2. The number of guanidine groups is 1. The number of nitrogens with zero attached hydrogens (tertiary/aromatic N) is 4. The van der Waals surface area contributed by atoms with Crippen molar-refractivity contribution in [1.82, 2.24) is 94.0 Å². The lowest BCUT2D eigenvalue weighted by atomic mass is 9.99. The number of primary amides is 2. The third-order valence-electron chi connectivity index (χ3n) is 18.7. The lowest BCUT2D eigenvalue weighted by Crippen LogP contribution is -2.63. The molecule has 27 N–H and O–H groups in total. The summed E-state index contributed by atoms with van der Waals surface area (Å²) < 4.78 is 1.18. The summed E-state index contributed by atoms with van der Waals surface area (Å²) in [4.78, 5) is 232. The fourth-order valence-corrected chi connectivity index (χ4v) is 15.0. The van der Waals surface area contributed by atoms with Crippen LogP contribution in [-0.2, 0) is 97.7 Å². The average molecular weight is 1630 g/mol. The van der Waals surface area contributed by atoms with Gasteiger partial charge in [0.2, 0.25) is 76.8 Å². The average Bonchev–Trinajstić information content (AvgIpc) is 1.64. The number of urea groups is 1. The number of aliphatic hydroxyl groups excluding tert-OH is 1. The molecule has 4 bridgehead atoms. The number of aromatic hydroxyl groups is 1. The summed E-state index contributed by atoms with van der Waals surface area (Å²) in [7, 11) is 1.63. The number of hydrogen-bond donors (Lipinski definition) is 23. The summed E-state index contributed by atoms with van der Waals surface area (Å²) >= 11 is 0. The Morgan fingerprint density at radius 3 is 1.98 bits per heavy atom. The summed E-state index contributed by atoms with van der Waals surface area (Å²) in [5.41, 5.74) is 23.7. The van der Waals surface area contributed by atoms with Crippen LogP contribution in [0.15, 0.2) is 60.9 Å². The number of rotatable bonds is 23. The number of aliphatic carboxylic acids is 2. The molecule has 0 spiro atoms. The maximum Gasteiger partial charge on any atom is 0.326 e. The summed E-state index contributed by atoms with van der Waals surface area (Å²) in [5.74, 6) is -20.2. The van der Waals surface area contributed by atoms with Crippen LogP contribution in [0.2, 0.25) is 0 Å². The van der Waals surface area contributed by atoms with Gasteiger partial charge in [0.15, 0.2) is 5.96 Å². The first kappa shape index (κ1) is 89.3. The van der Waals surface area contributed by atoms with Gasteiger partial charge in [-0.2, -0.15) is 0 Å². The Balaban J connectivity index is 1.41. The molecule has 14 atom stereocenters. The van der Waals surface area contributed by atoms with Gasteiger partial charge in [0.25, 0.3) is 0 Å². The molecule has 2 aromatic heterocycles. The number of aromatic amines is 1. The zero-order valence-corrected chi connectivity index (χ0v) is 63.9. The first-order valence-electron chi connectivity index (χ1n) is 36.5. The van der Waals surface area contributed by atoms with Gasteiger partial charge in [-0.15, -0.1) is 5.10 Å². The van der Waals surface area contributed by atoms with E-state index in [1.807, 2.05) is 0 Å². The molecule has 3 unspecified atom stereocenters. The van der Waals surface area contributed by atoms with E-state index in [1.54, 1.807) is 24.3 Å². The van der Waals surface area contributed by atoms with E-state index in [-0.39, 0.29) is 95.4 Å². The van der Waals surface area contributed by atoms with Gasteiger partial charge in [-0.05, 0) is 94.0 Å². The van der Waals surface area contributed by atoms with Gasteiger partial charge in [-0.3, -0.25) is 77.2 Å². The van der Waals surface area contributed by atoms with Crippen LogP contribution < -0.4 is 92.1 Å². The molecule has 15 amide bonds. The van der Waals surface area contributed by atoms with Crippen molar-refractivity contribution in [3.63, 3.8) is 0 Å². The van der Waals surface area contributed by atoms with Gasteiger partial charge in [0, 0.05) is 86.2 Å². The van der Waals surface area contributed by atoms with E-state index >= 15 is 19.2 Å². The van der Waals surface area contributed by atoms with E-state index in [2.05, 4.69) is 84.4 Å². The summed E-state index contributed by atoms with van der Waals surface area (Å²) in [6, 6.07) is -9.95. The van der Waals surface area contributed by atoms with Gasteiger partial charge in [-0.25, -0.2) is 9.59 Å². The molecule has 45 heteroatoms. The molecule has 3 aliphatic rings. The third kappa shape index (κ3) is 27.2. The topological polar surface area (TPSA) is 688 Å². The van der Waals surface area contributed by atoms with Crippen molar-refractivity contribution in [2.75, 3.05) is 37.7 Å². The molecule has 620 valence electrons. The number of nitrogens with two attached hydrogens (primary N) is 4. The fraction of sp³-hybridized carbons (Fsp3) is 0.522. The predicted octanol–water partition coefficient (Wildman–Crippen LogP) is -6.87. The first-order chi connectivity index (χ1) is 54.2. The Kier molecular flexibility index (Phi) is 33.9. The summed E-state index contributed by atoms with van der Waals surface area (Å²) in [6.07, 6.45) is -3.52. The highest BCUT2D eigenvalue weighted by molar-refractivity contribution is 8.76. The highest BCUT2D eigenvalue weighted by Gasteiger charge is 2.43. The number of para-hydroxylation sites is 1. The number of H-pyrrole nitrogens is 1. The number of fused-ring (bicyclic) bond motifs is 12. The number of carbonyl (C=O) groups is 16. The predicted molar refractivity (Wildman–Crippen MR) is 407 cm³/mol. The molecule has 43 nitrogen and oxygen atoms in total. The van der Waals surface area contributed by atoms with E-state index in [1.165, 1.54) is 48.3 Å². The molecule has 2 fully saturated rings. The summed E-state index contributed by atoms with van der Waals surface area (Å²) in [5, 5.41) is 91.2. The van der Waals surface area contributed by atoms with Gasteiger partial charge < -0.3 is 122 Å². The smallest absolute Gasteiger partial charge is 0.326 e. The van der Waals surface area contributed by atoms with Gasteiger partial charge in [0.05, 0.1) is 24.8 Å². The first-order valence-corrected chi connectivity index (χ1v) is 39.0. The molecular weight excluding hydrogens is 1540 g/mol. The van der Waals surface area contributed by atoms with Gasteiger partial charge in [-0.1, -0.05) is 64.1 Å². The lowest BCUT2D eigenvalue weighted by Gasteiger charge is -2.31. The zero-order valence-electron chi connectivity index (χ0n) is 62.2. The van der Waals surface area contributed by atoms with Gasteiger partial charge in [0.1, 0.15) is 78.3 Å². The molecule has 2 aromatic carbocycles. The minimum atomic E-state index is -2.05. The van der Waals surface area contributed by atoms with Crippen molar-refractivity contribution in [2.24, 2.45) is 28.9 Å². The largest absolute Gasteiger partial charge is 0.508 e. The number of hydrogen-bond acceptors (Lipinski definition) is 24. The van der Waals surface area contributed by atoms with Crippen molar-refractivity contribution in [3.05, 3.63) is 77.7 Å². The second-order valence-corrected chi connectivity index (χ2v) is 30.1. The van der Waals surface area contributed by atoms with E-state index in [0.717, 1.165) is 33.4 Å². The van der Waals surface area contributed by atoms with Crippen molar-refractivity contribution < 1.29 is 97.1 Å². The third-order valence-corrected chi connectivity index (χ3v) is 21.1. The zero-order chi connectivity index (χ0) is 83.5. The van der Waals surface area contributed by atoms with Crippen LogP contribution >= 0.6 is 21.6 Å². The molecule has 2 saturated heterocycles. The normalized spacial score (nSPS) is 24.3. The number of aryl methyl sites for hydroxylation is 1. The van der Waals surface area contributed by atoms with Crippen LogP contribution in [-0.4, -0.2) is 262 Å². The number of amides is 15. The molecule has 0 aliphatic carbocycles. The number of carboxylic acids is 2. The Labute approximate surface area is 659 Å². The van der Waals surface area contributed by atoms with Crippen LogP contribution in [0.1, 0.15) is 94.9 Å². The Bertz CT molecular complexity index is 4170. The van der Waals surface area contributed by atoms with Crippen LogP contribution in [0.25, 0.3) is 10.9 Å². The van der Waals surface area contributed by atoms with Crippen LogP contribution in [0.4, 0.5) is 4.79 Å². The maximum atomic E-state index is 15.3. The van der Waals surface area contributed by atoms with Crippen LogP contribution in [0.3, 0.4) is 0 Å². The molecule has 0 radical (unpaired) electrons. The van der Waals surface area contributed by atoms with Crippen molar-refractivity contribution >= 4 is 133 Å². The highest BCUT2D eigenvalue weighted by atomic mass is 33.1. The number of nitrogens with one attached hydrogen (secondary N) is 15. The SMILES string of the molecule is CC1Cn2cc(nn2)CC[C@H](C(=O)N[C@@H](Cc2ccc(O)cc2)C(=O)O)NC(=O)[C@H](CCC(N)=O)NC(=O)[C@H](Cc2c[nH]c3ccccc23)NC(=O)[C@H](CCCNC(N)=O)NC(=O)[C@@H]2CSSCC(NC(=O)CN)C(=O)N[C@@H]1C(=O)N[C@@H]([C@@H](C)O)C(=O)N[C@@H](CC(=O)O)C(=O)N1CCCC1C(=O)N[C@@H](CCCNC(=N)N)C(=O)N2. The molecule has 5 heterocycles.